The first-order valence-electron chi connectivity index (χ1n) is 5.23. The molecule has 0 saturated carbocycles. The van der Waals surface area contributed by atoms with Gasteiger partial charge in [-0.2, -0.15) is 4.72 Å². The Morgan fingerprint density at radius 2 is 1.84 bits per heavy atom. The van der Waals surface area contributed by atoms with Crippen LogP contribution in [0.1, 0.15) is 28.8 Å². The summed E-state index contributed by atoms with van der Waals surface area (Å²) in [5, 5.41) is 9.02. The second-order valence-electron chi connectivity index (χ2n) is 3.97. The molecule has 0 aliphatic carbocycles. The minimum Gasteiger partial charge on any atom is -0.478 e. The number of amides is 1. The Morgan fingerprint density at radius 3 is 2.26 bits per heavy atom. The van der Waals surface area contributed by atoms with E-state index in [1.807, 2.05) is 4.72 Å². The number of nitrogens with one attached hydrogen (secondary N) is 1. The average molecular weight is 290 g/mol. The highest BCUT2D eigenvalue weighted by Gasteiger charge is 2.32. The molecule has 0 radical (unpaired) electrons. The second kappa shape index (κ2) is 5.02. The van der Waals surface area contributed by atoms with Crippen molar-refractivity contribution in [1.29, 1.82) is 0 Å². The summed E-state index contributed by atoms with van der Waals surface area (Å²) in [7, 11) is -4.22. The summed E-state index contributed by atoms with van der Waals surface area (Å²) in [4.78, 5) is 21.5. The highest BCUT2D eigenvalue weighted by molar-refractivity contribution is 7.89. The third-order valence-corrected chi connectivity index (χ3v) is 4.14. The minimum absolute atomic E-state index is 0.0305. The van der Waals surface area contributed by atoms with Gasteiger partial charge in [0.05, 0.1) is 6.04 Å². The Bertz CT molecular complexity index is 631. The number of carboxylic acids is 1. The highest BCUT2D eigenvalue weighted by Crippen LogP contribution is 2.26. The van der Waals surface area contributed by atoms with Gasteiger partial charge < -0.3 is 15.3 Å². The van der Waals surface area contributed by atoms with Gasteiger partial charge in [0, 0.05) is 0 Å². The predicted octanol–water partition coefficient (Wildman–Crippen LogP) is -0.253. The van der Waals surface area contributed by atoms with Crippen LogP contribution in [0, 0.1) is 13.8 Å². The van der Waals surface area contributed by atoms with Crippen LogP contribution in [0.25, 0.3) is 0 Å². The summed E-state index contributed by atoms with van der Waals surface area (Å²) in [6.07, 6.45) is 0. The standard InChI is InChI=1S/C10H14N2O6S/c1-4(9(11)13)12-19(16,17)8-6(3)18-5(2)7(8)10(14)15/h4,12H,1-3H3,(H2,11,13)(H,14,15). The Labute approximate surface area is 109 Å². The van der Waals surface area contributed by atoms with Gasteiger partial charge in [0.1, 0.15) is 22.0 Å². The van der Waals surface area contributed by atoms with E-state index in [2.05, 4.69) is 0 Å². The van der Waals surface area contributed by atoms with Crippen LogP contribution in [-0.4, -0.2) is 31.4 Å². The lowest BCUT2D eigenvalue weighted by molar-refractivity contribution is -0.119. The summed E-state index contributed by atoms with van der Waals surface area (Å²) < 4.78 is 31.1. The lowest BCUT2D eigenvalue weighted by atomic mass is 10.2. The van der Waals surface area contributed by atoms with Crippen LogP contribution < -0.4 is 10.5 Å². The van der Waals surface area contributed by atoms with Crippen molar-refractivity contribution in [2.45, 2.75) is 31.7 Å². The van der Waals surface area contributed by atoms with Crippen LogP contribution in [0.3, 0.4) is 0 Å². The van der Waals surface area contributed by atoms with Crippen LogP contribution in [0.2, 0.25) is 0 Å². The van der Waals surface area contributed by atoms with Crippen molar-refractivity contribution >= 4 is 21.9 Å². The Morgan fingerprint density at radius 1 is 1.32 bits per heavy atom. The maximum absolute atomic E-state index is 12.1. The molecule has 0 bridgehead atoms. The van der Waals surface area contributed by atoms with Crippen LogP contribution >= 0.6 is 0 Å². The predicted molar refractivity (Wildman–Crippen MR) is 64.1 cm³/mol. The van der Waals surface area contributed by atoms with Crippen molar-refractivity contribution in [3.63, 3.8) is 0 Å². The summed E-state index contributed by atoms with van der Waals surface area (Å²) in [6.45, 7) is 3.92. The molecule has 1 amide bonds. The van der Waals surface area contributed by atoms with Crippen LogP contribution in [0.5, 0.6) is 0 Å². The highest BCUT2D eigenvalue weighted by atomic mass is 32.2. The number of furan rings is 1. The van der Waals surface area contributed by atoms with Crippen LogP contribution in [0.4, 0.5) is 0 Å². The van der Waals surface area contributed by atoms with Crippen molar-refractivity contribution in [3.05, 3.63) is 17.1 Å². The lowest BCUT2D eigenvalue weighted by Gasteiger charge is -2.10. The molecule has 9 heteroatoms. The van der Waals surface area contributed by atoms with Crippen molar-refractivity contribution in [2.24, 2.45) is 5.73 Å². The van der Waals surface area contributed by atoms with Crippen LogP contribution in [0.15, 0.2) is 9.31 Å². The number of carbonyl (C=O) groups is 2. The van der Waals surface area contributed by atoms with Gasteiger partial charge in [-0.3, -0.25) is 4.79 Å². The van der Waals surface area contributed by atoms with E-state index in [1.165, 1.54) is 20.8 Å². The number of aryl methyl sites for hydroxylation is 2. The van der Waals surface area contributed by atoms with E-state index in [0.29, 0.717) is 0 Å². The molecule has 1 aromatic heterocycles. The molecular weight excluding hydrogens is 276 g/mol. The lowest BCUT2D eigenvalue weighted by Crippen LogP contribution is -2.42. The maximum Gasteiger partial charge on any atom is 0.340 e. The molecule has 0 aliphatic heterocycles. The monoisotopic (exact) mass is 290 g/mol. The van der Waals surface area contributed by atoms with Crippen molar-refractivity contribution in [2.75, 3.05) is 0 Å². The fourth-order valence-electron chi connectivity index (χ4n) is 1.58. The number of hydrogen-bond donors (Lipinski definition) is 3. The molecule has 1 aromatic rings. The molecule has 0 aliphatic rings. The second-order valence-corrected chi connectivity index (χ2v) is 5.62. The summed E-state index contributed by atoms with van der Waals surface area (Å²) >= 11 is 0. The van der Waals surface area contributed by atoms with Crippen molar-refractivity contribution in [1.82, 2.24) is 4.72 Å². The first-order valence-corrected chi connectivity index (χ1v) is 6.71. The molecule has 1 heterocycles. The first-order chi connectivity index (χ1) is 8.58. The Kier molecular flexibility index (Phi) is 4.01. The minimum atomic E-state index is -4.22. The molecule has 106 valence electrons. The number of carbonyl (C=O) groups excluding carboxylic acids is 1. The molecule has 0 saturated heterocycles. The molecule has 0 spiro atoms. The SMILES string of the molecule is Cc1oc(C)c(S(=O)(=O)NC(C)C(N)=O)c1C(=O)O. The van der Waals surface area contributed by atoms with Gasteiger partial charge >= 0.3 is 5.97 Å². The quantitative estimate of drug-likeness (QED) is 0.683. The zero-order chi connectivity index (χ0) is 15.0. The van der Waals surface area contributed by atoms with E-state index in [0.717, 1.165) is 0 Å². The number of hydrogen-bond acceptors (Lipinski definition) is 5. The molecule has 1 atom stereocenters. The Hall–Kier alpha value is -1.87. The van der Waals surface area contributed by atoms with Gasteiger partial charge in [0.2, 0.25) is 15.9 Å². The van der Waals surface area contributed by atoms with Gasteiger partial charge in [0.25, 0.3) is 0 Å². The van der Waals surface area contributed by atoms with E-state index >= 15 is 0 Å². The molecule has 0 fully saturated rings. The van der Waals surface area contributed by atoms with Gasteiger partial charge in [-0.25, -0.2) is 13.2 Å². The van der Waals surface area contributed by atoms with Crippen LogP contribution in [-0.2, 0) is 14.8 Å². The number of primary amides is 1. The Balaban J connectivity index is 3.37. The number of rotatable bonds is 5. The smallest absolute Gasteiger partial charge is 0.340 e. The van der Waals surface area contributed by atoms with Gasteiger partial charge in [-0.1, -0.05) is 0 Å². The fourth-order valence-corrected chi connectivity index (χ4v) is 3.20. The number of aromatic carboxylic acids is 1. The number of carboxylic acid groups (broad SMARTS) is 1. The molecule has 1 unspecified atom stereocenters. The average Bonchev–Trinajstić information content (AvgIpc) is 2.53. The summed E-state index contributed by atoms with van der Waals surface area (Å²) in [6, 6.07) is -1.17. The third kappa shape index (κ3) is 2.93. The fraction of sp³-hybridized carbons (Fsp3) is 0.400. The van der Waals surface area contributed by atoms with Gasteiger partial charge in [-0.05, 0) is 20.8 Å². The molecule has 0 aromatic carbocycles. The molecule has 8 nitrogen and oxygen atoms in total. The molecule has 1 rings (SSSR count). The van der Waals surface area contributed by atoms with E-state index in [4.69, 9.17) is 15.3 Å². The number of sulfonamides is 1. The van der Waals surface area contributed by atoms with E-state index in [9.17, 15) is 18.0 Å². The third-order valence-electron chi connectivity index (χ3n) is 2.45. The topological polar surface area (TPSA) is 140 Å². The zero-order valence-corrected chi connectivity index (χ0v) is 11.4. The maximum atomic E-state index is 12.1. The largest absolute Gasteiger partial charge is 0.478 e. The first kappa shape index (κ1) is 15.2. The normalized spacial score (nSPS) is 13.2. The van der Waals surface area contributed by atoms with E-state index in [-0.39, 0.29) is 11.5 Å². The summed E-state index contributed by atoms with van der Waals surface area (Å²) in [5.41, 5.74) is 4.50. The summed E-state index contributed by atoms with van der Waals surface area (Å²) in [5.74, 6) is -2.41. The van der Waals surface area contributed by atoms with E-state index < -0.39 is 38.4 Å². The van der Waals surface area contributed by atoms with E-state index in [1.54, 1.807) is 0 Å². The van der Waals surface area contributed by atoms with Crippen molar-refractivity contribution in [3.8, 4) is 0 Å². The number of nitrogens with two attached hydrogens (primary N) is 1. The molecule has 19 heavy (non-hydrogen) atoms. The van der Waals surface area contributed by atoms with Gasteiger partial charge in [0.15, 0.2) is 0 Å². The molecule has 4 N–H and O–H groups in total. The molecular formula is C10H14N2O6S. The zero-order valence-electron chi connectivity index (χ0n) is 10.6. The van der Waals surface area contributed by atoms with Crippen molar-refractivity contribution < 1.29 is 27.5 Å². The van der Waals surface area contributed by atoms with Gasteiger partial charge in [-0.15, -0.1) is 0 Å².